The van der Waals surface area contributed by atoms with Crippen LogP contribution in [0.1, 0.15) is 6.92 Å². The highest BCUT2D eigenvalue weighted by molar-refractivity contribution is 7.85. The minimum absolute atomic E-state index is 0.268. The number of hydrogen-bond donors (Lipinski definition) is 2. The highest BCUT2D eigenvalue weighted by Gasteiger charge is 2.06. The second kappa shape index (κ2) is 4.39. The molecular formula is C9H13NO2S. The van der Waals surface area contributed by atoms with Gasteiger partial charge in [0.2, 0.25) is 0 Å². The van der Waals surface area contributed by atoms with E-state index in [2.05, 4.69) is 0 Å². The van der Waals surface area contributed by atoms with Gasteiger partial charge in [-0.15, -0.1) is 0 Å². The van der Waals surface area contributed by atoms with Gasteiger partial charge in [0, 0.05) is 10.6 Å². The highest BCUT2D eigenvalue weighted by Crippen LogP contribution is 2.10. The zero-order valence-electron chi connectivity index (χ0n) is 7.43. The van der Waals surface area contributed by atoms with Crippen molar-refractivity contribution < 1.29 is 9.32 Å². The summed E-state index contributed by atoms with van der Waals surface area (Å²) < 4.78 is 11.5. The smallest absolute Gasteiger partial charge is 0.0630 e. The molecule has 2 atom stereocenters. The molecule has 0 bridgehead atoms. The molecule has 3 N–H and O–H groups in total. The molecule has 0 saturated heterocycles. The second-order valence-electron chi connectivity index (χ2n) is 2.93. The van der Waals surface area contributed by atoms with Gasteiger partial charge in [-0.25, -0.2) is 0 Å². The molecule has 2 unspecified atom stereocenters. The molecule has 1 rings (SSSR count). The van der Waals surface area contributed by atoms with Crippen LogP contribution in [0.5, 0.6) is 0 Å². The number of aliphatic hydroxyl groups excluding tert-OH is 1. The molecule has 0 amide bonds. The van der Waals surface area contributed by atoms with Crippen molar-refractivity contribution in [2.24, 2.45) is 0 Å². The van der Waals surface area contributed by atoms with E-state index >= 15 is 0 Å². The van der Waals surface area contributed by atoms with Crippen LogP contribution < -0.4 is 5.73 Å². The molecule has 13 heavy (non-hydrogen) atoms. The van der Waals surface area contributed by atoms with Gasteiger partial charge in [0.05, 0.1) is 22.7 Å². The molecule has 0 heterocycles. The number of nitrogen functional groups attached to an aromatic ring is 1. The minimum Gasteiger partial charge on any atom is -0.399 e. The number of nitrogens with two attached hydrogens (primary N) is 1. The molecule has 0 aliphatic rings. The summed E-state index contributed by atoms with van der Waals surface area (Å²) in [6.45, 7) is 1.62. The van der Waals surface area contributed by atoms with Crippen molar-refractivity contribution in [3.63, 3.8) is 0 Å². The average Bonchev–Trinajstić information content (AvgIpc) is 2.04. The van der Waals surface area contributed by atoms with E-state index in [9.17, 15) is 4.21 Å². The number of rotatable bonds is 3. The van der Waals surface area contributed by atoms with Crippen LogP contribution >= 0.6 is 0 Å². The fourth-order valence-electron chi connectivity index (χ4n) is 0.935. The predicted octanol–water partition coefficient (Wildman–Crippen LogP) is 0.757. The molecule has 0 aliphatic carbocycles. The first kappa shape index (κ1) is 10.2. The van der Waals surface area contributed by atoms with E-state index in [4.69, 9.17) is 10.8 Å². The van der Waals surface area contributed by atoms with E-state index in [0.29, 0.717) is 10.6 Å². The van der Waals surface area contributed by atoms with Crippen molar-refractivity contribution in [3.05, 3.63) is 24.3 Å². The maximum Gasteiger partial charge on any atom is 0.0630 e. The van der Waals surface area contributed by atoms with E-state index in [1.54, 1.807) is 31.2 Å². The third kappa shape index (κ3) is 3.16. The van der Waals surface area contributed by atoms with Crippen molar-refractivity contribution >= 4 is 16.5 Å². The number of aliphatic hydroxyl groups is 1. The summed E-state index contributed by atoms with van der Waals surface area (Å²) in [5.74, 6) is 0.268. The summed E-state index contributed by atoms with van der Waals surface area (Å²) in [6, 6.07) is 6.84. The third-order valence-corrected chi connectivity index (χ3v) is 3.12. The molecular weight excluding hydrogens is 186 g/mol. The van der Waals surface area contributed by atoms with Crippen LogP contribution in [0, 0.1) is 0 Å². The normalized spacial score (nSPS) is 15.2. The molecule has 1 aromatic rings. The maximum absolute atomic E-state index is 11.5. The van der Waals surface area contributed by atoms with Gasteiger partial charge in [-0.2, -0.15) is 0 Å². The van der Waals surface area contributed by atoms with Gasteiger partial charge in [-0.05, 0) is 31.2 Å². The van der Waals surface area contributed by atoms with Crippen LogP contribution in [0.2, 0.25) is 0 Å². The van der Waals surface area contributed by atoms with Crippen molar-refractivity contribution in [2.75, 3.05) is 11.5 Å². The molecule has 1 aromatic carbocycles. The Morgan fingerprint density at radius 3 is 2.46 bits per heavy atom. The SMILES string of the molecule is CC(O)CS(=O)c1ccc(N)cc1. The van der Waals surface area contributed by atoms with Gasteiger partial charge < -0.3 is 10.8 Å². The quantitative estimate of drug-likeness (QED) is 0.706. The monoisotopic (exact) mass is 199 g/mol. The predicted molar refractivity (Wildman–Crippen MR) is 53.8 cm³/mol. The first-order valence-corrected chi connectivity index (χ1v) is 5.33. The van der Waals surface area contributed by atoms with Crippen LogP contribution in [0.4, 0.5) is 5.69 Å². The van der Waals surface area contributed by atoms with Crippen molar-refractivity contribution in [2.45, 2.75) is 17.9 Å². The van der Waals surface area contributed by atoms with Gasteiger partial charge in [0.1, 0.15) is 0 Å². The minimum atomic E-state index is -1.13. The molecule has 0 saturated carbocycles. The summed E-state index contributed by atoms with van der Waals surface area (Å²) in [4.78, 5) is 0.704. The Balaban J connectivity index is 2.72. The lowest BCUT2D eigenvalue weighted by atomic mass is 10.3. The Kier molecular flexibility index (Phi) is 3.45. The van der Waals surface area contributed by atoms with Gasteiger partial charge in [-0.3, -0.25) is 4.21 Å². The fraction of sp³-hybridized carbons (Fsp3) is 0.333. The third-order valence-electron chi connectivity index (χ3n) is 1.54. The summed E-state index contributed by atoms with van der Waals surface area (Å²) >= 11 is 0. The Labute approximate surface area is 80.0 Å². The molecule has 4 heteroatoms. The summed E-state index contributed by atoms with van der Waals surface area (Å²) in [7, 11) is -1.13. The Bertz CT molecular complexity index is 295. The maximum atomic E-state index is 11.5. The van der Waals surface area contributed by atoms with E-state index < -0.39 is 16.9 Å². The summed E-state index contributed by atoms with van der Waals surface area (Å²) in [5.41, 5.74) is 6.13. The highest BCUT2D eigenvalue weighted by atomic mass is 32.2. The number of benzene rings is 1. The molecule has 0 fully saturated rings. The molecule has 0 aliphatic heterocycles. The molecule has 0 radical (unpaired) electrons. The van der Waals surface area contributed by atoms with Crippen molar-refractivity contribution in [1.29, 1.82) is 0 Å². The van der Waals surface area contributed by atoms with Crippen LogP contribution in [-0.2, 0) is 10.8 Å². The Morgan fingerprint density at radius 1 is 1.46 bits per heavy atom. The topological polar surface area (TPSA) is 63.3 Å². The Hall–Kier alpha value is -0.870. The summed E-state index contributed by atoms with van der Waals surface area (Å²) in [5, 5.41) is 9.02. The first-order chi connectivity index (χ1) is 6.09. The molecule has 0 spiro atoms. The lowest BCUT2D eigenvalue weighted by Crippen LogP contribution is -2.12. The Morgan fingerprint density at radius 2 is 2.00 bits per heavy atom. The van der Waals surface area contributed by atoms with Gasteiger partial charge >= 0.3 is 0 Å². The molecule has 0 aromatic heterocycles. The lowest BCUT2D eigenvalue weighted by molar-refractivity contribution is 0.219. The standard InChI is InChI=1S/C9H13NO2S/c1-7(11)6-13(12)9-4-2-8(10)3-5-9/h2-5,7,11H,6,10H2,1H3. The number of hydrogen-bond acceptors (Lipinski definition) is 3. The largest absolute Gasteiger partial charge is 0.399 e. The van der Waals surface area contributed by atoms with Crippen LogP contribution in [0.15, 0.2) is 29.2 Å². The van der Waals surface area contributed by atoms with E-state index in [1.807, 2.05) is 0 Å². The average molecular weight is 199 g/mol. The first-order valence-electron chi connectivity index (χ1n) is 4.01. The fourth-order valence-corrected chi connectivity index (χ4v) is 2.01. The van der Waals surface area contributed by atoms with Crippen LogP contribution in [0.25, 0.3) is 0 Å². The number of anilines is 1. The van der Waals surface area contributed by atoms with E-state index in [1.165, 1.54) is 0 Å². The zero-order valence-corrected chi connectivity index (χ0v) is 8.25. The van der Waals surface area contributed by atoms with Gasteiger partial charge in [0.15, 0.2) is 0 Å². The lowest BCUT2D eigenvalue weighted by Gasteiger charge is -2.04. The van der Waals surface area contributed by atoms with Crippen LogP contribution in [0.3, 0.4) is 0 Å². The van der Waals surface area contributed by atoms with Crippen LogP contribution in [-0.4, -0.2) is 21.2 Å². The van der Waals surface area contributed by atoms with Gasteiger partial charge in [-0.1, -0.05) is 0 Å². The van der Waals surface area contributed by atoms with Crippen molar-refractivity contribution in [3.8, 4) is 0 Å². The van der Waals surface area contributed by atoms with Gasteiger partial charge in [0.25, 0.3) is 0 Å². The van der Waals surface area contributed by atoms with E-state index in [0.717, 1.165) is 0 Å². The molecule has 3 nitrogen and oxygen atoms in total. The van der Waals surface area contributed by atoms with Crippen molar-refractivity contribution in [1.82, 2.24) is 0 Å². The second-order valence-corrected chi connectivity index (χ2v) is 4.43. The molecule has 72 valence electrons. The zero-order chi connectivity index (χ0) is 9.84. The van der Waals surface area contributed by atoms with E-state index in [-0.39, 0.29) is 5.75 Å². The summed E-state index contributed by atoms with van der Waals surface area (Å²) in [6.07, 6.45) is -0.543.